The first kappa shape index (κ1) is 13.8. The maximum atomic E-state index is 12.6. The van der Waals surface area contributed by atoms with Gasteiger partial charge in [-0.15, -0.1) is 0 Å². The van der Waals surface area contributed by atoms with E-state index in [-0.39, 0.29) is 18.1 Å². The summed E-state index contributed by atoms with van der Waals surface area (Å²) in [6, 6.07) is 8.58. The molecule has 0 saturated carbocycles. The van der Waals surface area contributed by atoms with Gasteiger partial charge in [0.15, 0.2) is 0 Å². The maximum absolute atomic E-state index is 12.6. The van der Waals surface area contributed by atoms with Crippen LogP contribution < -0.4 is 4.74 Å². The SMILES string of the molecule is N#Cc1ccc(C(F)(F)F)nc1OCc1ccccn1. The highest BCUT2D eigenvalue weighted by Gasteiger charge is 2.33. The second-order valence-electron chi connectivity index (χ2n) is 3.77. The smallest absolute Gasteiger partial charge is 0.433 e. The lowest BCUT2D eigenvalue weighted by Gasteiger charge is -2.10. The molecule has 0 aliphatic rings. The van der Waals surface area contributed by atoms with Gasteiger partial charge in [-0.2, -0.15) is 18.4 Å². The zero-order valence-corrected chi connectivity index (χ0v) is 10.1. The summed E-state index contributed by atoms with van der Waals surface area (Å²) in [5.74, 6) is -0.354. The summed E-state index contributed by atoms with van der Waals surface area (Å²) < 4.78 is 42.8. The molecular weight excluding hydrogens is 271 g/mol. The fraction of sp³-hybridized carbons (Fsp3) is 0.154. The third-order valence-electron chi connectivity index (χ3n) is 2.35. The molecule has 102 valence electrons. The summed E-state index contributed by atoms with van der Waals surface area (Å²) in [5, 5.41) is 8.84. The Labute approximate surface area is 112 Å². The Balaban J connectivity index is 2.24. The molecule has 0 bridgehead atoms. The molecule has 2 aromatic rings. The minimum atomic E-state index is -4.59. The Morgan fingerprint density at radius 3 is 2.60 bits per heavy atom. The highest BCUT2D eigenvalue weighted by Crippen LogP contribution is 2.30. The van der Waals surface area contributed by atoms with Gasteiger partial charge in [0.25, 0.3) is 0 Å². The lowest BCUT2D eigenvalue weighted by Crippen LogP contribution is -2.10. The summed E-state index contributed by atoms with van der Waals surface area (Å²) in [7, 11) is 0. The molecule has 0 aromatic carbocycles. The van der Waals surface area contributed by atoms with E-state index in [1.54, 1.807) is 24.3 Å². The zero-order valence-electron chi connectivity index (χ0n) is 10.1. The highest BCUT2D eigenvalue weighted by atomic mass is 19.4. The number of nitriles is 1. The van der Waals surface area contributed by atoms with Gasteiger partial charge in [0.1, 0.15) is 23.9 Å². The fourth-order valence-corrected chi connectivity index (χ4v) is 1.42. The predicted octanol–water partition coefficient (Wildman–Crippen LogP) is 2.95. The highest BCUT2D eigenvalue weighted by molar-refractivity contribution is 5.39. The van der Waals surface area contributed by atoms with Crippen LogP contribution in [-0.2, 0) is 12.8 Å². The number of pyridine rings is 2. The van der Waals surface area contributed by atoms with E-state index in [0.717, 1.165) is 12.1 Å². The molecule has 0 fully saturated rings. The molecule has 20 heavy (non-hydrogen) atoms. The minimum absolute atomic E-state index is 0.0612. The molecule has 4 nitrogen and oxygen atoms in total. The molecule has 0 radical (unpaired) electrons. The summed E-state index contributed by atoms with van der Waals surface area (Å²) in [4.78, 5) is 7.29. The van der Waals surface area contributed by atoms with Gasteiger partial charge in [-0.3, -0.25) is 4.98 Å². The maximum Gasteiger partial charge on any atom is 0.433 e. The van der Waals surface area contributed by atoms with E-state index in [1.807, 2.05) is 0 Å². The van der Waals surface area contributed by atoms with Crippen LogP contribution in [0.15, 0.2) is 36.5 Å². The van der Waals surface area contributed by atoms with Crippen molar-refractivity contribution >= 4 is 0 Å². The van der Waals surface area contributed by atoms with Gasteiger partial charge in [-0.25, -0.2) is 4.98 Å². The topological polar surface area (TPSA) is 58.8 Å². The van der Waals surface area contributed by atoms with Crippen molar-refractivity contribution in [3.63, 3.8) is 0 Å². The first-order chi connectivity index (χ1) is 9.50. The lowest BCUT2D eigenvalue weighted by atomic mass is 10.2. The molecule has 0 amide bonds. The Morgan fingerprint density at radius 1 is 1.20 bits per heavy atom. The number of alkyl halides is 3. The van der Waals surface area contributed by atoms with Crippen LogP contribution in [0, 0.1) is 11.3 Å². The molecule has 7 heteroatoms. The number of aromatic nitrogens is 2. The van der Waals surface area contributed by atoms with Crippen LogP contribution in [0.2, 0.25) is 0 Å². The van der Waals surface area contributed by atoms with E-state index in [2.05, 4.69) is 9.97 Å². The Morgan fingerprint density at radius 2 is 2.00 bits per heavy atom. The molecule has 0 spiro atoms. The number of hydrogen-bond acceptors (Lipinski definition) is 4. The Hall–Kier alpha value is -2.62. The van der Waals surface area contributed by atoms with Gasteiger partial charge in [0.2, 0.25) is 5.88 Å². The third-order valence-corrected chi connectivity index (χ3v) is 2.35. The number of hydrogen-bond donors (Lipinski definition) is 0. The molecule has 0 aliphatic carbocycles. The fourth-order valence-electron chi connectivity index (χ4n) is 1.42. The van der Waals surface area contributed by atoms with Gasteiger partial charge in [-0.1, -0.05) is 6.07 Å². The predicted molar refractivity (Wildman–Crippen MR) is 62.5 cm³/mol. The average molecular weight is 279 g/mol. The van der Waals surface area contributed by atoms with Crippen LogP contribution >= 0.6 is 0 Å². The molecule has 2 rings (SSSR count). The molecule has 2 heterocycles. The van der Waals surface area contributed by atoms with Crippen LogP contribution in [0.3, 0.4) is 0 Å². The molecule has 0 aliphatic heterocycles. The Bertz CT molecular complexity index is 636. The third kappa shape index (κ3) is 3.23. The monoisotopic (exact) mass is 279 g/mol. The summed E-state index contributed by atoms with van der Waals surface area (Å²) >= 11 is 0. The van der Waals surface area contributed by atoms with Crippen LogP contribution in [0.5, 0.6) is 5.88 Å². The normalized spacial score (nSPS) is 10.9. The first-order valence-corrected chi connectivity index (χ1v) is 5.52. The summed E-state index contributed by atoms with van der Waals surface area (Å²) in [6.45, 7) is -0.0656. The number of rotatable bonds is 3. The molecule has 0 N–H and O–H groups in total. The molecule has 0 saturated heterocycles. The van der Waals surface area contributed by atoms with Crippen LogP contribution in [0.25, 0.3) is 0 Å². The van der Waals surface area contributed by atoms with Gasteiger partial charge in [-0.05, 0) is 24.3 Å². The number of halogens is 3. The lowest BCUT2D eigenvalue weighted by molar-refractivity contribution is -0.141. The van der Waals surface area contributed by atoms with Crippen LogP contribution in [-0.4, -0.2) is 9.97 Å². The second-order valence-corrected chi connectivity index (χ2v) is 3.77. The van der Waals surface area contributed by atoms with Crippen molar-refractivity contribution in [3.8, 4) is 11.9 Å². The van der Waals surface area contributed by atoms with Crippen molar-refractivity contribution in [2.45, 2.75) is 12.8 Å². The molecule has 0 unspecified atom stereocenters. The largest absolute Gasteiger partial charge is 0.470 e. The molecular formula is C13H8F3N3O. The van der Waals surface area contributed by atoms with E-state index >= 15 is 0 Å². The average Bonchev–Trinajstić information content (AvgIpc) is 2.45. The van der Waals surface area contributed by atoms with E-state index < -0.39 is 11.9 Å². The molecule has 0 atom stereocenters. The van der Waals surface area contributed by atoms with Gasteiger partial charge in [0.05, 0.1) is 5.69 Å². The van der Waals surface area contributed by atoms with Gasteiger partial charge in [0, 0.05) is 6.20 Å². The minimum Gasteiger partial charge on any atom is -0.470 e. The second kappa shape index (κ2) is 5.57. The van der Waals surface area contributed by atoms with Gasteiger partial charge >= 0.3 is 6.18 Å². The van der Waals surface area contributed by atoms with E-state index in [4.69, 9.17) is 10.00 Å². The van der Waals surface area contributed by atoms with Crippen molar-refractivity contribution in [2.75, 3.05) is 0 Å². The number of nitrogens with zero attached hydrogens (tertiary/aromatic N) is 3. The van der Waals surface area contributed by atoms with Crippen molar-refractivity contribution in [3.05, 3.63) is 53.5 Å². The van der Waals surface area contributed by atoms with Crippen LogP contribution in [0.1, 0.15) is 17.0 Å². The summed E-state index contributed by atoms with van der Waals surface area (Å²) in [5.41, 5.74) is -0.642. The van der Waals surface area contributed by atoms with E-state index in [9.17, 15) is 13.2 Å². The van der Waals surface area contributed by atoms with E-state index in [0.29, 0.717) is 5.69 Å². The van der Waals surface area contributed by atoms with Crippen LogP contribution in [0.4, 0.5) is 13.2 Å². The van der Waals surface area contributed by atoms with Crippen molar-refractivity contribution in [2.24, 2.45) is 0 Å². The molecule has 2 aromatic heterocycles. The Kier molecular flexibility index (Phi) is 3.84. The van der Waals surface area contributed by atoms with Gasteiger partial charge < -0.3 is 4.74 Å². The quantitative estimate of drug-likeness (QED) is 0.866. The van der Waals surface area contributed by atoms with E-state index in [1.165, 1.54) is 6.20 Å². The summed E-state index contributed by atoms with van der Waals surface area (Å²) in [6.07, 6.45) is -3.06. The zero-order chi connectivity index (χ0) is 14.6. The van der Waals surface area contributed by atoms with Crippen molar-refractivity contribution in [1.29, 1.82) is 5.26 Å². The van der Waals surface area contributed by atoms with Crippen molar-refractivity contribution < 1.29 is 17.9 Å². The number of ether oxygens (including phenoxy) is 1. The first-order valence-electron chi connectivity index (χ1n) is 5.52. The standard InChI is InChI=1S/C13H8F3N3O/c14-13(15,16)11-5-4-9(7-17)12(19-11)20-8-10-3-1-2-6-18-10/h1-6H,8H2. The van der Waals surface area contributed by atoms with Crippen molar-refractivity contribution in [1.82, 2.24) is 9.97 Å².